The molecule has 1 aliphatic rings. The molecule has 0 spiro atoms. The molecule has 0 aliphatic carbocycles. The number of anilines is 3. The Bertz CT molecular complexity index is 1260. The van der Waals surface area contributed by atoms with E-state index in [1.165, 1.54) is 11.5 Å². The minimum absolute atomic E-state index is 0.249. The van der Waals surface area contributed by atoms with Crippen molar-refractivity contribution in [2.45, 2.75) is 13.8 Å². The van der Waals surface area contributed by atoms with Crippen LogP contribution >= 0.6 is 23.1 Å². The number of aromatic amines is 1. The van der Waals surface area contributed by atoms with Crippen LogP contribution < -0.4 is 15.0 Å². The zero-order chi connectivity index (χ0) is 22.2. The molecule has 0 saturated carbocycles. The number of benzene rings is 1. The molecule has 1 aliphatic heterocycles. The first-order valence-electron chi connectivity index (χ1n) is 10.4. The lowest BCUT2D eigenvalue weighted by molar-refractivity contribution is 0.311. The van der Waals surface area contributed by atoms with Gasteiger partial charge in [0.15, 0.2) is 0 Å². The Morgan fingerprint density at radius 1 is 1.09 bits per heavy atom. The number of likely N-dealkylation sites (N-methyl/N-ethyl adjacent to an activating group) is 1. The maximum atomic E-state index is 6.64. The van der Waals surface area contributed by atoms with Crippen LogP contribution in [0.15, 0.2) is 30.3 Å². The van der Waals surface area contributed by atoms with Crippen LogP contribution in [0.4, 0.5) is 16.6 Å². The van der Waals surface area contributed by atoms with Gasteiger partial charge in [0.2, 0.25) is 0 Å². The largest absolute Gasteiger partial charge is 0.423 e. The highest BCUT2D eigenvalue weighted by Gasteiger charge is 2.19. The summed E-state index contributed by atoms with van der Waals surface area (Å²) in [4.78, 5) is 17.1. The van der Waals surface area contributed by atoms with E-state index in [0.29, 0.717) is 16.6 Å². The Kier molecular flexibility index (Phi) is 5.62. The van der Waals surface area contributed by atoms with E-state index < -0.39 is 0 Å². The summed E-state index contributed by atoms with van der Waals surface area (Å²) < 4.78 is 10.4. The maximum Gasteiger partial charge on any atom is 0.325 e. The third-order valence-electron chi connectivity index (χ3n) is 5.44. The Morgan fingerprint density at radius 3 is 2.66 bits per heavy atom. The van der Waals surface area contributed by atoms with Gasteiger partial charge in [-0.3, -0.25) is 0 Å². The molecule has 4 aromatic rings. The summed E-state index contributed by atoms with van der Waals surface area (Å²) in [6, 6.07) is 9.98. The van der Waals surface area contributed by atoms with Crippen molar-refractivity contribution in [2.75, 3.05) is 43.4 Å². The first-order chi connectivity index (χ1) is 15.4. The van der Waals surface area contributed by atoms with Gasteiger partial charge in [-0.25, -0.2) is 0 Å². The van der Waals surface area contributed by atoms with Crippen LogP contribution in [-0.2, 0) is 0 Å². The molecular weight excluding hydrogens is 446 g/mol. The smallest absolute Gasteiger partial charge is 0.325 e. The van der Waals surface area contributed by atoms with E-state index in [9.17, 15) is 0 Å². The number of piperazine rings is 1. The average molecular weight is 470 g/mol. The van der Waals surface area contributed by atoms with Gasteiger partial charge >= 0.3 is 6.01 Å². The van der Waals surface area contributed by atoms with Gasteiger partial charge in [0, 0.05) is 48.8 Å². The summed E-state index contributed by atoms with van der Waals surface area (Å²) in [5.74, 6) is 2.00. The molecule has 1 saturated heterocycles. The minimum atomic E-state index is 0.249. The van der Waals surface area contributed by atoms with E-state index >= 15 is 0 Å². The first kappa shape index (κ1) is 21.0. The van der Waals surface area contributed by atoms with Gasteiger partial charge in [-0.05, 0) is 56.7 Å². The quantitative estimate of drug-likeness (QED) is 0.427. The van der Waals surface area contributed by atoms with Crippen molar-refractivity contribution in [2.24, 2.45) is 0 Å². The molecule has 5 rings (SSSR count). The van der Waals surface area contributed by atoms with E-state index in [2.05, 4.69) is 36.5 Å². The van der Waals surface area contributed by atoms with Crippen molar-refractivity contribution in [1.82, 2.24) is 24.2 Å². The van der Waals surface area contributed by atoms with Gasteiger partial charge in [0.1, 0.15) is 22.4 Å². The Hall–Kier alpha value is -2.88. The zero-order valence-corrected chi connectivity index (χ0v) is 19.7. The number of rotatable bonds is 5. The van der Waals surface area contributed by atoms with Crippen molar-refractivity contribution in [3.05, 3.63) is 46.7 Å². The SMILES string of the molecule is Cc1cc(Nc2cc(N3CCN(C)CC3)nc(Oc3ccc4[nH]c(C)cc4c3Cl)n2)sn1. The van der Waals surface area contributed by atoms with E-state index in [1.807, 2.05) is 44.2 Å². The molecule has 0 radical (unpaired) electrons. The van der Waals surface area contributed by atoms with Crippen LogP contribution in [-0.4, -0.2) is 57.5 Å². The second-order valence-corrected chi connectivity index (χ2v) is 9.22. The predicted octanol–water partition coefficient (Wildman–Crippen LogP) is 4.97. The zero-order valence-electron chi connectivity index (χ0n) is 18.1. The Labute approximate surface area is 195 Å². The summed E-state index contributed by atoms with van der Waals surface area (Å²) in [5, 5.41) is 5.70. The van der Waals surface area contributed by atoms with E-state index in [4.69, 9.17) is 21.3 Å². The number of nitrogens with zero attached hydrogens (tertiary/aromatic N) is 5. The summed E-state index contributed by atoms with van der Waals surface area (Å²) in [6.07, 6.45) is 0. The molecule has 4 heterocycles. The standard InChI is InChI=1S/C22H24ClN7OS/c1-13-10-15-16(24-13)4-5-17(21(15)23)31-22-26-18(25-20-11-14(2)28-32-20)12-19(27-22)30-8-6-29(3)7-9-30/h4-5,10-12,24H,6-9H2,1-3H3,(H,25,26,27). The molecule has 32 heavy (non-hydrogen) atoms. The Morgan fingerprint density at radius 2 is 1.91 bits per heavy atom. The number of fused-ring (bicyclic) bond motifs is 1. The molecule has 3 aromatic heterocycles. The maximum absolute atomic E-state index is 6.64. The molecule has 1 aromatic carbocycles. The number of halogens is 1. The highest BCUT2D eigenvalue weighted by molar-refractivity contribution is 7.10. The van der Waals surface area contributed by atoms with Gasteiger partial charge in [0.25, 0.3) is 0 Å². The van der Waals surface area contributed by atoms with Crippen molar-refractivity contribution in [3.63, 3.8) is 0 Å². The minimum Gasteiger partial charge on any atom is -0.423 e. The van der Waals surface area contributed by atoms with Gasteiger partial charge in [-0.2, -0.15) is 14.3 Å². The van der Waals surface area contributed by atoms with Crippen molar-refractivity contribution in [1.29, 1.82) is 0 Å². The monoisotopic (exact) mass is 469 g/mol. The lowest BCUT2D eigenvalue weighted by Gasteiger charge is -2.33. The van der Waals surface area contributed by atoms with Crippen LogP contribution in [0.5, 0.6) is 11.8 Å². The number of ether oxygens (including phenoxy) is 1. The molecule has 1 fully saturated rings. The molecule has 0 bridgehead atoms. The fourth-order valence-electron chi connectivity index (χ4n) is 3.73. The van der Waals surface area contributed by atoms with Crippen LogP contribution in [0.3, 0.4) is 0 Å². The fourth-order valence-corrected chi connectivity index (χ4v) is 4.66. The molecule has 0 atom stereocenters. The molecule has 166 valence electrons. The van der Waals surface area contributed by atoms with E-state index in [1.54, 1.807) is 0 Å². The number of aryl methyl sites for hydroxylation is 2. The third-order valence-corrected chi connectivity index (χ3v) is 6.62. The first-order valence-corrected chi connectivity index (χ1v) is 11.6. The summed E-state index contributed by atoms with van der Waals surface area (Å²) >= 11 is 8.04. The number of aromatic nitrogens is 4. The second kappa shape index (κ2) is 8.57. The fraction of sp³-hybridized carbons (Fsp3) is 0.318. The number of hydrogen-bond acceptors (Lipinski definition) is 8. The third kappa shape index (κ3) is 4.36. The van der Waals surface area contributed by atoms with Crippen molar-refractivity contribution < 1.29 is 4.74 Å². The molecule has 10 heteroatoms. The highest BCUT2D eigenvalue weighted by Crippen LogP contribution is 2.36. The van der Waals surface area contributed by atoms with Crippen molar-refractivity contribution >= 4 is 50.7 Å². The normalized spacial score (nSPS) is 14.8. The van der Waals surface area contributed by atoms with Crippen LogP contribution in [0.25, 0.3) is 10.9 Å². The van der Waals surface area contributed by atoms with E-state index in [-0.39, 0.29) is 6.01 Å². The van der Waals surface area contributed by atoms with Gasteiger partial charge < -0.3 is 24.8 Å². The Balaban J connectivity index is 1.49. The molecule has 2 N–H and O–H groups in total. The summed E-state index contributed by atoms with van der Waals surface area (Å²) in [7, 11) is 2.13. The lowest BCUT2D eigenvalue weighted by Crippen LogP contribution is -2.44. The van der Waals surface area contributed by atoms with Crippen LogP contribution in [0.2, 0.25) is 5.02 Å². The van der Waals surface area contributed by atoms with Crippen LogP contribution in [0.1, 0.15) is 11.4 Å². The lowest BCUT2D eigenvalue weighted by atomic mass is 10.2. The highest BCUT2D eigenvalue weighted by atomic mass is 35.5. The van der Waals surface area contributed by atoms with Gasteiger partial charge in [-0.1, -0.05) is 11.6 Å². The van der Waals surface area contributed by atoms with Gasteiger partial charge in [0.05, 0.1) is 10.7 Å². The second-order valence-electron chi connectivity index (χ2n) is 8.04. The van der Waals surface area contributed by atoms with Crippen LogP contribution in [0, 0.1) is 13.8 Å². The summed E-state index contributed by atoms with van der Waals surface area (Å²) in [5.41, 5.74) is 2.97. The predicted molar refractivity (Wildman–Crippen MR) is 130 cm³/mol. The molecule has 0 unspecified atom stereocenters. The molecule has 8 nitrogen and oxygen atoms in total. The van der Waals surface area contributed by atoms with Crippen molar-refractivity contribution in [3.8, 4) is 11.8 Å². The average Bonchev–Trinajstić information content (AvgIpc) is 3.35. The summed E-state index contributed by atoms with van der Waals surface area (Å²) in [6.45, 7) is 7.70. The topological polar surface area (TPSA) is 82.2 Å². The number of H-pyrrole nitrogens is 1. The molecule has 0 amide bonds. The van der Waals surface area contributed by atoms with E-state index in [0.717, 1.165) is 59.3 Å². The number of nitrogens with one attached hydrogen (secondary N) is 2. The van der Waals surface area contributed by atoms with Gasteiger partial charge in [-0.15, -0.1) is 0 Å². The molecular formula is C22H24ClN7OS. The number of hydrogen-bond donors (Lipinski definition) is 2.